The summed E-state index contributed by atoms with van der Waals surface area (Å²) in [5.41, 5.74) is 1.14. The quantitative estimate of drug-likeness (QED) is 0.609. The van der Waals surface area contributed by atoms with Crippen molar-refractivity contribution in [1.29, 1.82) is 0 Å². The second-order valence-electron chi connectivity index (χ2n) is 5.08. The molecular weight excluding hydrogens is 309 g/mol. The average molecular weight is 328 g/mol. The third-order valence-electron chi connectivity index (χ3n) is 4.02. The van der Waals surface area contributed by atoms with Crippen LogP contribution >= 0.6 is 15.9 Å². The molecule has 1 atom stereocenters. The zero-order valence-corrected chi connectivity index (χ0v) is 12.7. The summed E-state index contributed by atoms with van der Waals surface area (Å²) < 4.78 is 13.2. The molecule has 2 rings (SSSR count). The first kappa shape index (κ1) is 14.5. The Kier molecular flexibility index (Phi) is 4.61. The maximum absolute atomic E-state index is 13.2. The number of carbonyl (C=O) groups is 1. The van der Waals surface area contributed by atoms with Gasteiger partial charge in [0.1, 0.15) is 5.82 Å². The number of nitrogens with one attached hydrogen (secondary N) is 1. The third-order valence-corrected chi connectivity index (χ3v) is 4.58. The van der Waals surface area contributed by atoms with Crippen LogP contribution < -0.4 is 5.32 Å². The summed E-state index contributed by atoms with van der Waals surface area (Å²) in [4.78, 5) is 12.3. The summed E-state index contributed by atoms with van der Waals surface area (Å²) in [6, 6.07) is 4.63. The van der Waals surface area contributed by atoms with Gasteiger partial charge in [-0.3, -0.25) is 4.79 Å². The molecule has 0 saturated heterocycles. The molecule has 1 N–H and O–H groups in total. The number of hydrogen-bond acceptors (Lipinski definition) is 1. The van der Waals surface area contributed by atoms with Crippen molar-refractivity contribution >= 4 is 27.5 Å². The van der Waals surface area contributed by atoms with E-state index in [1.807, 2.05) is 6.92 Å². The Morgan fingerprint density at radius 1 is 1.32 bits per heavy atom. The average Bonchev–Trinajstić information content (AvgIpc) is 2.66. The highest BCUT2D eigenvalue weighted by atomic mass is 79.9. The van der Waals surface area contributed by atoms with Gasteiger partial charge in [-0.2, -0.15) is 0 Å². The number of hydrogen-bond donors (Lipinski definition) is 1. The van der Waals surface area contributed by atoms with Crippen LogP contribution in [0.25, 0.3) is 0 Å². The highest BCUT2D eigenvalue weighted by Crippen LogP contribution is 2.44. The van der Waals surface area contributed by atoms with Crippen LogP contribution in [0.3, 0.4) is 0 Å². The van der Waals surface area contributed by atoms with E-state index in [0.717, 1.165) is 43.0 Å². The number of carbonyl (C=O) groups excluding carboxylic acids is 1. The van der Waals surface area contributed by atoms with Crippen LogP contribution in [0.2, 0.25) is 0 Å². The van der Waals surface area contributed by atoms with Gasteiger partial charge in [-0.25, -0.2) is 4.39 Å². The lowest BCUT2D eigenvalue weighted by molar-refractivity contribution is -0.121. The second kappa shape index (κ2) is 6.04. The molecule has 0 radical (unpaired) electrons. The first-order chi connectivity index (χ1) is 9.14. The maximum atomic E-state index is 13.2. The first-order valence-corrected chi connectivity index (χ1v) is 7.93. The van der Waals surface area contributed by atoms with Crippen molar-refractivity contribution in [2.75, 3.05) is 10.6 Å². The topological polar surface area (TPSA) is 29.1 Å². The number of unbranched alkanes of at least 4 members (excludes halogenated alkanes) is 2. The molecule has 104 valence electrons. The molecule has 1 amide bonds. The molecule has 1 aliphatic heterocycles. The van der Waals surface area contributed by atoms with Crippen LogP contribution in [0.15, 0.2) is 18.2 Å². The molecular formula is C15H19BrFNO. The van der Waals surface area contributed by atoms with Gasteiger partial charge < -0.3 is 5.32 Å². The molecule has 0 aliphatic carbocycles. The monoisotopic (exact) mass is 327 g/mol. The van der Waals surface area contributed by atoms with Crippen molar-refractivity contribution in [3.8, 4) is 0 Å². The number of fused-ring (bicyclic) bond motifs is 1. The number of benzene rings is 1. The van der Waals surface area contributed by atoms with E-state index in [1.54, 1.807) is 6.07 Å². The number of alkyl halides is 1. The smallest absolute Gasteiger partial charge is 0.235 e. The molecule has 1 heterocycles. The molecule has 0 spiro atoms. The van der Waals surface area contributed by atoms with Gasteiger partial charge in [0.25, 0.3) is 0 Å². The van der Waals surface area contributed by atoms with Crippen molar-refractivity contribution in [2.24, 2.45) is 0 Å². The Labute approximate surface area is 121 Å². The fourth-order valence-corrected chi connectivity index (χ4v) is 3.27. The largest absolute Gasteiger partial charge is 0.325 e. The predicted octanol–water partition coefficient (Wildman–Crippen LogP) is 4.38. The van der Waals surface area contributed by atoms with Crippen LogP contribution in [-0.2, 0) is 10.2 Å². The highest BCUT2D eigenvalue weighted by molar-refractivity contribution is 9.09. The number of rotatable bonds is 6. The van der Waals surface area contributed by atoms with E-state index in [-0.39, 0.29) is 11.7 Å². The summed E-state index contributed by atoms with van der Waals surface area (Å²) in [5, 5.41) is 3.83. The molecule has 19 heavy (non-hydrogen) atoms. The van der Waals surface area contributed by atoms with Gasteiger partial charge >= 0.3 is 0 Å². The van der Waals surface area contributed by atoms with Gasteiger partial charge in [-0.1, -0.05) is 41.8 Å². The van der Waals surface area contributed by atoms with Gasteiger partial charge in [0.2, 0.25) is 5.91 Å². The van der Waals surface area contributed by atoms with E-state index in [0.29, 0.717) is 5.69 Å². The van der Waals surface area contributed by atoms with Crippen molar-refractivity contribution in [3.05, 3.63) is 29.6 Å². The molecule has 4 heteroatoms. The lowest BCUT2D eigenvalue weighted by Gasteiger charge is -2.26. The molecule has 0 fully saturated rings. The van der Waals surface area contributed by atoms with Crippen LogP contribution in [-0.4, -0.2) is 11.2 Å². The minimum Gasteiger partial charge on any atom is -0.325 e. The van der Waals surface area contributed by atoms with Crippen LogP contribution in [0.1, 0.15) is 44.6 Å². The molecule has 1 unspecified atom stereocenters. The van der Waals surface area contributed by atoms with Crippen molar-refractivity contribution in [2.45, 2.75) is 44.4 Å². The van der Waals surface area contributed by atoms with E-state index in [1.165, 1.54) is 12.1 Å². The number of anilines is 1. The first-order valence-electron chi connectivity index (χ1n) is 6.81. The van der Waals surface area contributed by atoms with Gasteiger partial charge in [-0.15, -0.1) is 0 Å². The van der Waals surface area contributed by atoms with Gasteiger partial charge in [0.05, 0.1) is 5.41 Å². The minimum atomic E-state index is -0.463. The summed E-state index contributed by atoms with van der Waals surface area (Å²) in [6.45, 7) is 2.03. The van der Waals surface area contributed by atoms with Crippen LogP contribution in [0.5, 0.6) is 0 Å². The predicted molar refractivity (Wildman–Crippen MR) is 79.3 cm³/mol. The van der Waals surface area contributed by atoms with E-state index < -0.39 is 5.41 Å². The number of halogens is 2. The molecule has 1 aromatic carbocycles. The van der Waals surface area contributed by atoms with Gasteiger partial charge in [-0.05, 0) is 37.0 Å². The number of amides is 1. The molecule has 2 nitrogen and oxygen atoms in total. The fraction of sp³-hybridized carbons (Fsp3) is 0.533. The van der Waals surface area contributed by atoms with Crippen molar-refractivity contribution in [3.63, 3.8) is 0 Å². The fourth-order valence-electron chi connectivity index (χ4n) is 2.88. The Morgan fingerprint density at radius 3 is 2.79 bits per heavy atom. The summed E-state index contributed by atoms with van der Waals surface area (Å²) in [6.07, 6.45) is 4.84. The molecule has 1 aromatic rings. The summed E-state index contributed by atoms with van der Waals surface area (Å²) in [7, 11) is 0. The Balaban J connectivity index is 2.22. The summed E-state index contributed by atoms with van der Waals surface area (Å²) in [5.74, 6) is -0.278. The molecule has 0 bridgehead atoms. The normalized spacial score (nSPS) is 21.3. The van der Waals surface area contributed by atoms with Crippen molar-refractivity contribution in [1.82, 2.24) is 0 Å². The Bertz CT molecular complexity index is 477. The van der Waals surface area contributed by atoms with Crippen molar-refractivity contribution < 1.29 is 9.18 Å². The van der Waals surface area contributed by atoms with E-state index in [2.05, 4.69) is 21.2 Å². The maximum Gasteiger partial charge on any atom is 0.235 e. The lowest BCUT2D eigenvalue weighted by atomic mass is 9.75. The van der Waals surface area contributed by atoms with Gasteiger partial charge in [0, 0.05) is 11.0 Å². The SMILES string of the molecule is CCC1(CCCCCBr)C(=O)Nc2cc(F)ccc21. The van der Waals surface area contributed by atoms with E-state index in [4.69, 9.17) is 0 Å². The standard InChI is InChI=1S/C15H19BrFNO/c1-2-15(8-4-3-5-9-16)12-7-6-11(17)10-13(12)18-14(15)19/h6-7,10H,2-5,8-9H2,1H3,(H,18,19). The zero-order chi connectivity index (χ0) is 13.9. The minimum absolute atomic E-state index is 0.0226. The van der Waals surface area contributed by atoms with E-state index >= 15 is 0 Å². The van der Waals surface area contributed by atoms with Gasteiger partial charge in [0.15, 0.2) is 0 Å². The van der Waals surface area contributed by atoms with Crippen LogP contribution in [0, 0.1) is 5.82 Å². The third kappa shape index (κ3) is 2.69. The van der Waals surface area contributed by atoms with E-state index in [9.17, 15) is 9.18 Å². The molecule has 1 aliphatic rings. The Morgan fingerprint density at radius 2 is 2.11 bits per heavy atom. The summed E-state index contributed by atoms with van der Waals surface area (Å²) >= 11 is 3.42. The lowest BCUT2D eigenvalue weighted by Crippen LogP contribution is -2.33. The Hall–Kier alpha value is -0.900. The van der Waals surface area contributed by atoms with Crippen LogP contribution in [0.4, 0.5) is 10.1 Å². The molecule has 0 aromatic heterocycles. The molecule has 0 saturated carbocycles. The highest BCUT2D eigenvalue weighted by Gasteiger charge is 2.44. The zero-order valence-electron chi connectivity index (χ0n) is 11.1. The second-order valence-corrected chi connectivity index (χ2v) is 5.87.